The maximum absolute atomic E-state index is 5.67. The molecular formula is C13H21N3. The Balaban J connectivity index is 2.03. The van der Waals surface area contributed by atoms with E-state index in [-0.39, 0.29) is 0 Å². The Hall–Kier alpha value is -1.25. The smallest absolute Gasteiger partial charge is 0.125 e. The highest BCUT2D eigenvalue weighted by molar-refractivity contribution is 5.50. The van der Waals surface area contributed by atoms with Crippen molar-refractivity contribution in [1.29, 1.82) is 0 Å². The first-order valence-corrected chi connectivity index (χ1v) is 6.15. The first-order chi connectivity index (χ1) is 7.66. The second kappa shape index (κ2) is 4.73. The Kier molecular flexibility index (Phi) is 3.32. The number of nitrogen functional groups attached to an aromatic ring is 1. The van der Waals surface area contributed by atoms with Gasteiger partial charge in [-0.25, -0.2) is 4.98 Å². The largest absolute Gasteiger partial charge is 0.384 e. The summed E-state index contributed by atoms with van der Waals surface area (Å²) >= 11 is 0. The summed E-state index contributed by atoms with van der Waals surface area (Å²) < 4.78 is 0. The highest BCUT2D eigenvalue weighted by atomic mass is 14.9. The molecule has 3 heteroatoms. The molecule has 0 aromatic carbocycles. The molecule has 0 amide bonds. The van der Waals surface area contributed by atoms with Crippen molar-refractivity contribution in [2.24, 2.45) is 11.8 Å². The zero-order chi connectivity index (χ0) is 11.5. The molecule has 3 atom stereocenters. The second-order valence-electron chi connectivity index (χ2n) is 4.99. The van der Waals surface area contributed by atoms with E-state index in [0.29, 0.717) is 11.9 Å². The molecule has 0 aliphatic heterocycles. The monoisotopic (exact) mass is 219 g/mol. The number of rotatable bonds is 2. The van der Waals surface area contributed by atoms with Gasteiger partial charge in [0.2, 0.25) is 0 Å². The fourth-order valence-corrected chi connectivity index (χ4v) is 2.54. The highest BCUT2D eigenvalue weighted by Gasteiger charge is 2.26. The molecule has 1 aromatic rings. The van der Waals surface area contributed by atoms with Crippen LogP contribution in [-0.2, 0) is 0 Å². The molecule has 0 spiro atoms. The fraction of sp³-hybridized carbons (Fsp3) is 0.615. The molecule has 3 nitrogen and oxygen atoms in total. The molecule has 16 heavy (non-hydrogen) atoms. The third-order valence-electron chi connectivity index (χ3n) is 3.84. The van der Waals surface area contributed by atoms with Crippen LogP contribution in [-0.4, -0.2) is 11.0 Å². The van der Waals surface area contributed by atoms with Crippen LogP contribution in [0.1, 0.15) is 33.1 Å². The minimum absolute atomic E-state index is 0.575. The van der Waals surface area contributed by atoms with Crippen molar-refractivity contribution in [1.82, 2.24) is 4.98 Å². The van der Waals surface area contributed by atoms with Gasteiger partial charge in [-0.3, -0.25) is 0 Å². The van der Waals surface area contributed by atoms with E-state index in [1.807, 2.05) is 12.1 Å². The lowest BCUT2D eigenvalue weighted by atomic mass is 9.78. The summed E-state index contributed by atoms with van der Waals surface area (Å²) in [6.45, 7) is 4.69. The van der Waals surface area contributed by atoms with Crippen molar-refractivity contribution in [2.45, 2.75) is 39.2 Å². The molecule has 1 heterocycles. The van der Waals surface area contributed by atoms with E-state index in [2.05, 4.69) is 24.1 Å². The molecule has 3 unspecified atom stereocenters. The topological polar surface area (TPSA) is 50.9 Å². The molecule has 0 bridgehead atoms. The number of hydrogen-bond acceptors (Lipinski definition) is 3. The van der Waals surface area contributed by atoms with Gasteiger partial charge in [-0.2, -0.15) is 0 Å². The predicted molar refractivity (Wildman–Crippen MR) is 68.2 cm³/mol. The van der Waals surface area contributed by atoms with E-state index in [1.165, 1.54) is 19.3 Å². The van der Waals surface area contributed by atoms with Crippen LogP contribution in [0.4, 0.5) is 11.5 Å². The van der Waals surface area contributed by atoms with Gasteiger partial charge >= 0.3 is 0 Å². The molecule has 1 aromatic heterocycles. The van der Waals surface area contributed by atoms with Crippen LogP contribution in [0.3, 0.4) is 0 Å². The number of nitrogens with one attached hydrogen (secondary N) is 1. The van der Waals surface area contributed by atoms with Gasteiger partial charge in [0, 0.05) is 24.0 Å². The minimum Gasteiger partial charge on any atom is -0.384 e. The molecule has 88 valence electrons. The molecule has 1 aliphatic rings. The van der Waals surface area contributed by atoms with Crippen LogP contribution in [0.25, 0.3) is 0 Å². The fourth-order valence-electron chi connectivity index (χ4n) is 2.54. The molecule has 1 aliphatic carbocycles. The average Bonchev–Trinajstić information content (AvgIpc) is 2.25. The summed E-state index contributed by atoms with van der Waals surface area (Å²) in [5.74, 6) is 2.12. The summed E-state index contributed by atoms with van der Waals surface area (Å²) in [7, 11) is 0. The van der Waals surface area contributed by atoms with Gasteiger partial charge in [0.05, 0.1) is 0 Å². The zero-order valence-electron chi connectivity index (χ0n) is 10.1. The summed E-state index contributed by atoms with van der Waals surface area (Å²) in [4.78, 5) is 4.00. The van der Waals surface area contributed by atoms with Gasteiger partial charge in [-0.1, -0.05) is 26.7 Å². The quantitative estimate of drug-likeness (QED) is 0.804. The van der Waals surface area contributed by atoms with Crippen LogP contribution in [0.5, 0.6) is 0 Å². The number of pyridine rings is 1. The lowest BCUT2D eigenvalue weighted by molar-refractivity contribution is 0.253. The van der Waals surface area contributed by atoms with Gasteiger partial charge in [-0.15, -0.1) is 0 Å². The Morgan fingerprint density at radius 2 is 2.19 bits per heavy atom. The van der Waals surface area contributed by atoms with Crippen LogP contribution < -0.4 is 11.1 Å². The number of anilines is 2. The third kappa shape index (κ3) is 2.46. The van der Waals surface area contributed by atoms with Crippen molar-refractivity contribution < 1.29 is 0 Å². The molecule has 1 saturated carbocycles. The normalized spacial score (nSPS) is 30.0. The number of hydrogen-bond donors (Lipinski definition) is 2. The Bertz CT molecular complexity index is 351. The van der Waals surface area contributed by atoms with E-state index >= 15 is 0 Å². The van der Waals surface area contributed by atoms with Crippen LogP contribution >= 0.6 is 0 Å². The van der Waals surface area contributed by atoms with Gasteiger partial charge in [0.1, 0.15) is 5.82 Å². The van der Waals surface area contributed by atoms with E-state index in [1.54, 1.807) is 6.20 Å². The van der Waals surface area contributed by atoms with Crippen molar-refractivity contribution in [3.63, 3.8) is 0 Å². The third-order valence-corrected chi connectivity index (χ3v) is 3.84. The summed E-state index contributed by atoms with van der Waals surface area (Å²) in [6, 6.07) is 4.47. The number of nitrogens with two attached hydrogens (primary N) is 1. The SMILES string of the molecule is CC1CCCC(Nc2ccnc(N)c2)C1C. The highest BCUT2D eigenvalue weighted by Crippen LogP contribution is 2.31. The van der Waals surface area contributed by atoms with Crippen molar-refractivity contribution >= 4 is 11.5 Å². The molecule has 0 radical (unpaired) electrons. The number of nitrogens with zero attached hydrogens (tertiary/aromatic N) is 1. The summed E-state index contributed by atoms with van der Waals surface area (Å²) in [6.07, 6.45) is 5.70. The maximum Gasteiger partial charge on any atom is 0.125 e. The first kappa shape index (κ1) is 11.2. The Morgan fingerprint density at radius 1 is 1.38 bits per heavy atom. The van der Waals surface area contributed by atoms with Crippen LogP contribution in [0.15, 0.2) is 18.3 Å². The summed E-state index contributed by atoms with van der Waals surface area (Å²) in [5.41, 5.74) is 6.77. The first-order valence-electron chi connectivity index (χ1n) is 6.15. The lowest BCUT2D eigenvalue weighted by Gasteiger charge is -2.35. The molecule has 1 fully saturated rings. The van der Waals surface area contributed by atoms with Crippen molar-refractivity contribution in [2.75, 3.05) is 11.1 Å². The van der Waals surface area contributed by atoms with Crippen LogP contribution in [0, 0.1) is 11.8 Å². The average molecular weight is 219 g/mol. The molecule has 2 rings (SSSR count). The van der Waals surface area contributed by atoms with Gasteiger partial charge in [-0.05, 0) is 24.3 Å². The van der Waals surface area contributed by atoms with Gasteiger partial charge < -0.3 is 11.1 Å². The van der Waals surface area contributed by atoms with Gasteiger partial charge in [0.15, 0.2) is 0 Å². The standard InChI is InChI=1S/C13H21N3/c1-9-4-3-5-12(10(9)2)16-11-6-7-15-13(14)8-11/h6-10,12H,3-5H2,1-2H3,(H3,14,15,16). The second-order valence-corrected chi connectivity index (χ2v) is 4.99. The van der Waals surface area contributed by atoms with E-state index < -0.39 is 0 Å². The molecule has 3 N–H and O–H groups in total. The van der Waals surface area contributed by atoms with Crippen LogP contribution in [0.2, 0.25) is 0 Å². The van der Waals surface area contributed by atoms with E-state index in [4.69, 9.17) is 5.73 Å². The number of aromatic nitrogens is 1. The Labute approximate surface area is 97.5 Å². The minimum atomic E-state index is 0.575. The molecule has 0 saturated heterocycles. The van der Waals surface area contributed by atoms with Crippen molar-refractivity contribution in [3.05, 3.63) is 18.3 Å². The van der Waals surface area contributed by atoms with E-state index in [0.717, 1.165) is 17.5 Å². The lowest BCUT2D eigenvalue weighted by Crippen LogP contribution is -2.35. The van der Waals surface area contributed by atoms with Gasteiger partial charge in [0.25, 0.3) is 0 Å². The Morgan fingerprint density at radius 3 is 2.94 bits per heavy atom. The van der Waals surface area contributed by atoms with E-state index in [9.17, 15) is 0 Å². The summed E-state index contributed by atoms with van der Waals surface area (Å²) in [5, 5.41) is 3.58. The van der Waals surface area contributed by atoms with Crippen molar-refractivity contribution in [3.8, 4) is 0 Å². The predicted octanol–water partition coefficient (Wildman–Crippen LogP) is 2.90. The molecular weight excluding hydrogens is 198 g/mol. The maximum atomic E-state index is 5.67. The zero-order valence-corrected chi connectivity index (χ0v) is 10.1.